The van der Waals surface area contributed by atoms with E-state index < -0.39 is 0 Å². The van der Waals surface area contributed by atoms with E-state index in [2.05, 4.69) is 34.1 Å². The molecule has 0 aliphatic heterocycles. The molecule has 0 spiro atoms. The molecule has 0 aliphatic rings. The van der Waals surface area contributed by atoms with Crippen LogP contribution in [0.15, 0.2) is 33.2 Å². The third-order valence-corrected chi connectivity index (χ3v) is 2.89. The zero-order valence-electron chi connectivity index (χ0n) is 9.97. The smallest absolute Gasteiger partial charge is 0.261 e. The van der Waals surface area contributed by atoms with Crippen LogP contribution in [0.3, 0.4) is 0 Å². The van der Waals surface area contributed by atoms with E-state index in [1.807, 2.05) is 13.1 Å². The van der Waals surface area contributed by atoms with Crippen LogP contribution in [0, 0.1) is 0 Å². The van der Waals surface area contributed by atoms with E-state index in [0.717, 1.165) is 16.7 Å². The van der Waals surface area contributed by atoms with Gasteiger partial charge in [-0.25, -0.2) is 15.0 Å². The first kappa shape index (κ1) is 11.9. The molecule has 1 N–H and O–H groups in total. The molecule has 0 amide bonds. The minimum absolute atomic E-state index is 0.284. The molecule has 0 aromatic carbocycles. The maximum atomic E-state index is 5.18. The highest BCUT2D eigenvalue weighted by molar-refractivity contribution is 7.99. The fourth-order valence-corrected chi connectivity index (χ4v) is 1.94. The molecule has 2 heterocycles. The predicted octanol–water partition coefficient (Wildman–Crippen LogP) is 2.78. The molecule has 2 aromatic rings. The molecule has 2 rings (SSSR count). The molecule has 0 aliphatic carbocycles. The third-order valence-electron chi connectivity index (χ3n) is 2.09. The summed E-state index contributed by atoms with van der Waals surface area (Å²) in [5.41, 5.74) is 0. The molecule has 17 heavy (non-hydrogen) atoms. The van der Waals surface area contributed by atoms with Crippen molar-refractivity contribution in [1.82, 2.24) is 15.0 Å². The van der Waals surface area contributed by atoms with Gasteiger partial charge in [-0.1, -0.05) is 13.8 Å². The van der Waals surface area contributed by atoms with Crippen molar-refractivity contribution in [2.24, 2.45) is 0 Å². The summed E-state index contributed by atoms with van der Waals surface area (Å²) in [4.78, 5) is 12.9. The lowest BCUT2D eigenvalue weighted by molar-refractivity contribution is 0.454. The topological polar surface area (TPSA) is 63.8 Å². The average molecular weight is 250 g/mol. The average Bonchev–Trinajstić information content (AvgIpc) is 2.81. The Bertz CT molecular complexity index is 484. The van der Waals surface area contributed by atoms with E-state index in [0.29, 0.717) is 5.22 Å². The number of rotatable bonds is 4. The van der Waals surface area contributed by atoms with E-state index >= 15 is 0 Å². The van der Waals surface area contributed by atoms with Crippen molar-refractivity contribution in [2.45, 2.75) is 30.0 Å². The summed E-state index contributed by atoms with van der Waals surface area (Å²) >= 11 is 1.39. The summed E-state index contributed by atoms with van der Waals surface area (Å²) in [6.45, 7) is 4.13. The number of nitrogens with zero attached hydrogens (tertiary/aromatic N) is 3. The van der Waals surface area contributed by atoms with E-state index in [1.54, 1.807) is 12.5 Å². The van der Waals surface area contributed by atoms with Gasteiger partial charge in [-0.2, -0.15) is 0 Å². The number of aromatic nitrogens is 3. The van der Waals surface area contributed by atoms with Gasteiger partial charge in [0.1, 0.15) is 22.9 Å². The number of nitrogens with one attached hydrogen (secondary N) is 1. The summed E-state index contributed by atoms with van der Waals surface area (Å²) < 4.78 is 5.18. The highest BCUT2D eigenvalue weighted by Gasteiger charge is 2.10. The molecular weight excluding hydrogens is 236 g/mol. The third kappa shape index (κ3) is 2.97. The molecular formula is C11H14N4OS. The largest absolute Gasteiger partial charge is 0.440 e. The lowest BCUT2D eigenvalue weighted by Gasteiger charge is -2.08. The van der Waals surface area contributed by atoms with E-state index in [-0.39, 0.29) is 5.92 Å². The van der Waals surface area contributed by atoms with Crippen LogP contribution in [0.5, 0.6) is 0 Å². The SMILES string of the molecule is CNc1cc(Sc2ncco2)nc(C(C)C)n1. The van der Waals surface area contributed by atoms with Crippen molar-refractivity contribution in [3.63, 3.8) is 0 Å². The second-order valence-corrected chi connectivity index (χ2v) is 4.73. The minimum atomic E-state index is 0.284. The number of anilines is 1. The fraction of sp³-hybridized carbons (Fsp3) is 0.364. The van der Waals surface area contributed by atoms with Gasteiger partial charge in [0.25, 0.3) is 5.22 Å². The Morgan fingerprint density at radius 2 is 2.18 bits per heavy atom. The summed E-state index contributed by atoms with van der Waals surface area (Å²) in [7, 11) is 1.84. The molecule has 2 aromatic heterocycles. The van der Waals surface area contributed by atoms with Gasteiger partial charge in [-0.05, 0) is 11.8 Å². The van der Waals surface area contributed by atoms with Crippen LogP contribution < -0.4 is 5.32 Å². The van der Waals surface area contributed by atoms with Gasteiger partial charge < -0.3 is 9.73 Å². The number of oxazole rings is 1. The van der Waals surface area contributed by atoms with Gasteiger partial charge in [-0.3, -0.25) is 0 Å². The van der Waals surface area contributed by atoms with E-state index in [9.17, 15) is 0 Å². The number of hydrogen-bond donors (Lipinski definition) is 1. The lowest BCUT2D eigenvalue weighted by Crippen LogP contribution is -2.02. The molecule has 0 bridgehead atoms. The van der Waals surface area contributed by atoms with Gasteiger partial charge in [0.2, 0.25) is 0 Å². The Labute approximate surface area is 104 Å². The molecule has 90 valence electrons. The van der Waals surface area contributed by atoms with Gasteiger partial charge in [0.15, 0.2) is 0 Å². The highest BCUT2D eigenvalue weighted by atomic mass is 32.2. The van der Waals surface area contributed by atoms with Gasteiger partial charge >= 0.3 is 0 Å². The maximum absolute atomic E-state index is 5.18. The van der Waals surface area contributed by atoms with Crippen LogP contribution >= 0.6 is 11.8 Å². The molecule has 5 nitrogen and oxygen atoms in total. The summed E-state index contributed by atoms with van der Waals surface area (Å²) in [6, 6.07) is 1.88. The zero-order valence-corrected chi connectivity index (χ0v) is 10.8. The van der Waals surface area contributed by atoms with Gasteiger partial charge in [0, 0.05) is 19.0 Å². The first-order valence-corrected chi connectivity index (χ1v) is 6.14. The Kier molecular flexibility index (Phi) is 3.63. The van der Waals surface area contributed by atoms with Gasteiger partial charge in [0.05, 0.1) is 6.20 Å². The van der Waals surface area contributed by atoms with E-state index in [1.165, 1.54) is 11.8 Å². The Balaban J connectivity index is 2.29. The molecule has 0 saturated carbocycles. The normalized spacial score (nSPS) is 10.8. The molecule has 0 radical (unpaired) electrons. The minimum Gasteiger partial charge on any atom is -0.440 e. The number of hydrogen-bond acceptors (Lipinski definition) is 6. The summed E-state index contributed by atoms with van der Waals surface area (Å²) in [5.74, 6) is 1.90. The predicted molar refractivity (Wildman–Crippen MR) is 66.3 cm³/mol. The van der Waals surface area contributed by atoms with Gasteiger partial charge in [-0.15, -0.1) is 0 Å². The molecule has 0 fully saturated rings. The van der Waals surface area contributed by atoms with E-state index in [4.69, 9.17) is 4.42 Å². The second-order valence-electron chi connectivity index (χ2n) is 3.75. The van der Waals surface area contributed by atoms with Crippen molar-refractivity contribution < 1.29 is 4.42 Å². The Morgan fingerprint density at radius 1 is 1.35 bits per heavy atom. The lowest BCUT2D eigenvalue weighted by atomic mass is 10.2. The van der Waals surface area contributed by atoms with Crippen LogP contribution in [0.1, 0.15) is 25.6 Å². The monoisotopic (exact) mass is 250 g/mol. The van der Waals surface area contributed by atoms with Crippen molar-refractivity contribution in [2.75, 3.05) is 12.4 Å². The molecule has 0 saturated heterocycles. The van der Waals surface area contributed by atoms with Crippen molar-refractivity contribution in [1.29, 1.82) is 0 Å². The van der Waals surface area contributed by atoms with Crippen LogP contribution in [-0.2, 0) is 0 Å². The van der Waals surface area contributed by atoms with Crippen LogP contribution in [0.2, 0.25) is 0 Å². The Morgan fingerprint density at radius 3 is 2.76 bits per heavy atom. The first-order chi connectivity index (χ1) is 8.19. The van der Waals surface area contributed by atoms with Crippen molar-refractivity contribution in [3.8, 4) is 0 Å². The quantitative estimate of drug-likeness (QED) is 0.842. The molecule has 0 atom stereocenters. The van der Waals surface area contributed by atoms with Crippen LogP contribution in [0.4, 0.5) is 5.82 Å². The molecule has 0 unspecified atom stereocenters. The zero-order chi connectivity index (χ0) is 12.3. The standard InChI is InChI=1S/C11H14N4OS/c1-7(2)10-14-8(12-3)6-9(15-10)17-11-13-4-5-16-11/h4-7H,1-3H3,(H,12,14,15). The summed E-state index contributed by atoms with van der Waals surface area (Å²) in [6.07, 6.45) is 3.16. The van der Waals surface area contributed by atoms with Crippen molar-refractivity contribution >= 4 is 17.6 Å². The Hall–Kier alpha value is -1.56. The highest BCUT2D eigenvalue weighted by Crippen LogP contribution is 2.27. The maximum Gasteiger partial charge on any atom is 0.261 e. The van der Waals surface area contributed by atoms with Crippen LogP contribution in [0.25, 0.3) is 0 Å². The first-order valence-electron chi connectivity index (χ1n) is 5.33. The summed E-state index contributed by atoms with van der Waals surface area (Å²) in [5, 5.41) is 4.44. The van der Waals surface area contributed by atoms with Crippen LogP contribution in [-0.4, -0.2) is 22.0 Å². The molecule has 6 heteroatoms. The second kappa shape index (κ2) is 5.18. The fourth-order valence-electron chi connectivity index (χ4n) is 1.23. The van der Waals surface area contributed by atoms with Crippen molar-refractivity contribution in [3.05, 3.63) is 24.4 Å².